The first kappa shape index (κ1) is 22.6. The van der Waals surface area contributed by atoms with Crippen LogP contribution in [-0.2, 0) is 16.2 Å². The van der Waals surface area contributed by atoms with Crippen LogP contribution < -0.4 is 14.8 Å². The second-order valence-electron chi connectivity index (χ2n) is 8.84. The molecule has 31 heavy (non-hydrogen) atoms. The summed E-state index contributed by atoms with van der Waals surface area (Å²) in [6, 6.07) is 9.08. The van der Waals surface area contributed by atoms with Crippen molar-refractivity contribution in [3.63, 3.8) is 0 Å². The molecule has 1 aromatic carbocycles. The number of benzene rings is 1. The van der Waals surface area contributed by atoms with E-state index in [1.807, 2.05) is 37.8 Å². The minimum Gasteiger partial charge on any atom is -0.493 e. The molecular formula is C24H31N3O4. The third kappa shape index (κ3) is 5.96. The lowest BCUT2D eigenvalue weighted by Crippen LogP contribution is -2.47. The fraction of sp³-hybridized carbons (Fsp3) is 0.458. The monoisotopic (exact) mass is 425 g/mol. The number of nitrogens with zero attached hydrogens (tertiary/aromatic N) is 2. The topological polar surface area (TPSA) is 80.8 Å². The highest BCUT2D eigenvalue weighted by Gasteiger charge is 2.33. The van der Waals surface area contributed by atoms with Crippen molar-refractivity contribution in [1.29, 1.82) is 0 Å². The molecule has 1 N–H and O–H groups in total. The van der Waals surface area contributed by atoms with Crippen LogP contribution in [0.5, 0.6) is 11.5 Å². The van der Waals surface area contributed by atoms with Gasteiger partial charge >= 0.3 is 0 Å². The summed E-state index contributed by atoms with van der Waals surface area (Å²) in [6.45, 7) is 7.24. The predicted molar refractivity (Wildman–Crippen MR) is 119 cm³/mol. The Balaban J connectivity index is 1.66. The van der Waals surface area contributed by atoms with E-state index >= 15 is 0 Å². The van der Waals surface area contributed by atoms with Crippen LogP contribution in [0.2, 0.25) is 0 Å². The van der Waals surface area contributed by atoms with Crippen LogP contribution in [0, 0.1) is 11.3 Å². The Kier molecular flexibility index (Phi) is 7.15. The zero-order chi connectivity index (χ0) is 22.4. The van der Waals surface area contributed by atoms with Gasteiger partial charge in [0.05, 0.1) is 13.0 Å². The van der Waals surface area contributed by atoms with Crippen molar-refractivity contribution in [3.05, 3.63) is 48.3 Å². The van der Waals surface area contributed by atoms with Crippen LogP contribution in [0.3, 0.4) is 0 Å². The molecule has 7 nitrogen and oxygen atoms in total. The number of carbonyl (C=O) groups excluding carboxylic acids is 2. The minimum absolute atomic E-state index is 0.0845. The molecule has 1 aliphatic heterocycles. The largest absolute Gasteiger partial charge is 0.493 e. The van der Waals surface area contributed by atoms with Crippen molar-refractivity contribution in [2.24, 2.45) is 11.3 Å². The first-order valence-electron chi connectivity index (χ1n) is 10.6. The standard InChI is InChI=1S/C24H31N3O4/c1-24(2,3)23(29)27-13-5-6-18(15-27)22(28)26-19-7-8-20(30-4)21(14-19)31-16-17-9-11-25-12-10-17/h7-12,14,18H,5-6,13,15-16H2,1-4H3,(H,26,28). The van der Waals surface area contributed by atoms with Gasteiger partial charge in [0.2, 0.25) is 11.8 Å². The molecule has 0 radical (unpaired) electrons. The molecule has 2 aromatic rings. The number of pyridine rings is 1. The van der Waals surface area contributed by atoms with Crippen molar-refractivity contribution in [2.45, 2.75) is 40.2 Å². The van der Waals surface area contributed by atoms with E-state index in [1.165, 1.54) is 0 Å². The van der Waals surface area contributed by atoms with Crippen LogP contribution in [-0.4, -0.2) is 41.9 Å². The Morgan fingerprint density at radius 2 is 1.90 bits per heavy atom. The van der Waals surface area contributed by atoms with Gasteiger partial charge < -0.3 is 19.7 Å². The van der Waals surface area contributed by atoms with Gasteiger partial charge in [-0.2, -0.15) is 0 Å². The van der Waals surface area contributed by atoms with Gasteiger partial charge in [-0.15, -0.1) is 0 Å². The molecule has 1 atom stereocenters. The Morgan fingerprint density at radius 1 is 1.16 bits per heavy atom. The lowest BCUT2D eigenvalue weighted by Gasteiger charge is -2.35. The summed E-state index contributed by atoms with van der Waals surface area (Å²) < 4.78 is 11.3. The third-order valence-corrected chi connectivity index (χ3v) is 5.30. The highest BCUT2D eigenvalue weighted by atomic mass is 16.5. The molecule has 166 valence electrons. The molecule has 7 heteroatoms. The van der Waals surface area contributed by atoms with E-state index in [1.54, 1.807) is 37.7 Å². The average Bonchev–Trinajstić information content (AvgIpc) is 2.77. The SMILES string of the molecule is COc1ccc(NC(=O)C2CCCN(C(=O)C(C)(C)C)C2)cc1OCc1ccncc1. The van der Waals surface area contributed by atoms with Gasteiger partial charge in [-0.25, -0.2) is 0 Å². The number of aromatic nitrogens is 1. The number of carbonyl (C=O) groups is 2. The summed E-state index contributed by atoms with van der Waals surface area (Å²) in [4.78, 5) is 31.3. The number of ether oxygens (including phenoxy) is 2. The normalized spacial score (nSPS) is 16.5. The third-order valence-electron chi connectivity index (χ3n) is 5.30. The first-order chi connectivity index (χ1) is 14.8. The number of rotatable bonds is 6. The van der Waals surface area contributed by atoms with E-state index in [2.05, 4.69) is 10.3 Å². The zero-order valence-electron chi connectivity index (χ0n) is 18.7. The Labute approximate surface area is 183 Å². The molecule has 3 rings (SSSR count). The summed E-state index contributed by atoms with van der Waals surface area (Å²) in [5.74, 6) is 0.901. The quantitative estimate of drug-likeness (QED) is 0.759. The van der Waals surface area contributed by atoms with E-state index in [0.29, 0.717) is 36.9 Å². The van der Waals surface area contributed by atoms with Gasteiger partial charge in [-0.1, -0.05) is 20.8 Å². The van der Waals surface area contributed by atoms with E-state index in [0.717, 1.165) is 18.4 Å². The molecule has 1 fully saturated rings. The molecular weight excluding hydrogens is 394 g/mol. The molecule has 1 saturated heterocycles. The molecule has 0 spiro atoms. The highest BCUT2D eigenvalue weighted by Crippen LogP contribution is 2.31. The van der Waals surface area contributed by atoms with Crippen molar-refractivity contribution >= 4 is 17.5 Å². The molecule has 0 saturated carbocycles. The van der Waals surface area contributed by atoms with Gasteiger partial charge in [0, 0.05) is 42.7 Å². The Morgan fingerprint density at radius 3 is 2.58 bits per heavy atom. The maximum atomic E-state index is 12.9. The van der Waals surface area contributed by atoms with E-state index in [-0.39, 0.29) is 17.7 Å². The van der Waals surface area contributed by atoms with E-state index < -0.39 is 5.41 Å². The molecule has 2 amide bonds. The molecule has 0 bridgehead atoms. The van der Waals surface area contributed by atoms with E-state index in [9.17, 15) is 9.59 Å². The smallest absolute Gasteiger partial charge is 0.229 e. The number of nitrogens with one attached hydrogen (secondary N) is 1. The number of anilines is 1. The molecule has 2 heterocycles. The van der Waals surface area contributed by atoms with E-state index in [4.69, 9.17) is 9.47 Å². The molecule has 1 aliphatic rings. The number of hydrogen-bond acceptors (Lipinski definition) is 5. The number of amides is 2. The summed E-state index contributed by atoms with van der Waals surface area (Å²) in [5.41, 5.74) is 1.17. The zero-order valence-corrected chi connectivity index (χ0v) is 18.7. The lowest BCUT2D eigenvalue weighted by molar-refractivity contribution is -0.142. The summed E-state index contributed by atoms with van der Waals surface area (Å²) in [5, 5.41) is 2.98. The number of hydrogen-bond donors (Lipinski definition) is 1. The second kappa shape index (κ2) is 9.81. The van der Waals surface area contributed by atoms with Crippen molar-refractivity contribution in [2.75, 3.05) is 25.5 Å². The molecule has 1 aromatic heterocycles. The molecule has 1 unspecified atom stereocenters. The van der Waals surface area contributed by atoms with Gasteiger partial charge in [0.1, 0.15) is 6.61 Å². The average molecular weight is 426 g/mol. The van der Waals surface area contributed by atoms with Crippen LogP contribution in [0.25, 0.3) is 0 Å². The maximum Gasteiger partial charge on any atom is 0.229 e. The fourth-order valence-corrected chi connectivity index (χ4v) is 3.60. The van der Waals surface area contributed by atoms with Gasteiger partial charge in [-0.05, 0) is 42.7 Å². The van der Waals surface area contributed by atoms with Crippen LogP contribution in [0.1, 0.15) is 39.2 Å². The summed E-state index contributed by atoms with van der Waals surface area (Å²) in [6.07, 6.45) is 5.01. The van der Waals surface area contributed by atoms with Gasteiger partial charge in [0.15, 0.2) is 11.5 Å². The molecule has 0 aliphatic carbocycles. The van der Waals surface area contributed by atoms with Gasteiger partial charge in [0.25, 0.3) is 0 Å². The Bertz CT molecular complexity index is 909. The van der Waals surface area contributed by atoms with Crippen molar-refractivity contribution < 1.29 is 19.1 Å². The summed E-state index contributed by atoms with van der Waals surface area (Å²) in [7, 11) is 1.58. The summed E-state index contributed by atoms with van der Waals surface area (Å²) >= 11 is 0. The van der Waals surface area contributed by atoms with Crippen LogP contribution in [0.15, 0.2) is 42.7 Å². The number of methoxy groups -OCH3 is 1. The maximum absolute atomic E-state index is 12.9. The van der Waals surface area contributed by atoms with Crippen molar-refractivity contribution in [3.8, 4) is 11.5 Å². The lowest BCUT2D eigenvalue weighted by atomic mass is 9.91. The van der Waals surface area contributed by atoms with Crippen molar-refractivity contribution in [1.82, 2.24) is 9.88 Å². The Hall–Kier alpha value is -3.09. The van der Waals surface area contributed by atoms with Gasteiger partial charge in [-0.3, -0.25) is 14.6 Å². The van der Waals surface area contributed by atoms with Crippen LogP contribution in [0.4, 0.5) is 5.69 Å². The predicted octanol–water partition coefficient (Wildman–Crippen LogP) is 3.89. The highest BCUT2D eigenvalue weighted by molar-refractivity contribution is 5.93. The van der Waals surface area contributed by atoms with Crippen LogP contribution >= 0.6 is 0 Å². The first-order valence-corrected chi connectivity index (χ1v) is 10.6. The number of likely N-dealkylation sites (tertiary alicyclic amines) is 1. The fourth-order valence-electron chi connectivity index (χ4n) is 3.60. The minimum atomic E-state index is -0.449. The second-order valence-corrected chi connectivity index (χ2v) is 8.84. The number of piperidine rings is 1.